The lowest BCUT2D eigenvalue weighted by Gasteiger charge is -2.31. The van der Waals surface area contributed by atoms with Gasteiger partial charge in [0.15, 0.2) is 28.9 Å². The molecular formula is C23H20FNO4S. The summed E-state index contributed by atoms with van der Waals surface area (Å²) in [5, 5.41) is 0.245. The van der Waals surface area contributed by atoms with Crippen LogP contribution in [-0.2, 0) is 9.59 Å². The molecule has 3 aromatic rings. The van der Waals surface area contributed by atoms with E-state index in [4.69, 9.17) is 4.74 Å². The summed E-state index contributed by atoms with van der Waals surface area (Å²) in [4.78, 5) is 42.6. The van der Waals surface area contributed by atoms with Crippen molar-refractivity contribution in [3.63, 3.8) is 0 Å². The van der Waals surface area contributed by atoms with Gasteiger partial charge in [-0.2, -0.15) is 0 Å². The average molecular weight is 425 g/mol. The Morgan fingerprint density at radius 2 is 1.80 bits per heavy atom. The quantitative estimate of drug-likeness (QED) is 0.419. The number of hydrogen-bond donors (Lipinski definition) is 0. The first-order chi connectivity index (χ1) is 14.2. The minimum absolute atomic E-state index is 0.0616. The number of halogens is 1. The topological polar surface area (TPSA) is 73.3 Å². The van der Waals surface area contributed by atoms with Crippen LogP contribution in [0.4, 0.5) is 4.39 Å². The van der Waals surface area contributed by atoms with Crippen LogP contribution in [-0.4, -0.2) is 22.3 Å². The molecule has 1 saturated carbocycles. The van der Waals surface area contributed by atoms with E-state index in [0.717, 1.165) is 4.70 Å². The number of aryl methyl sites for hydroxylation is 1. The van der Waals surface area contributed by atoms with E-state index >= 15 is 0 Å². The first-order valence-electron chi connectivity index (χ1n) is 9.58. The van der Waals surface area contributed by atoms with E-state index in [2.05, 4.69) is 4.98 Å². The molecule has 0 N–H and O–H groups in total. The Kier molecular flexibility index (Phi) is 5.02. The lowest BCUT2D eigenvalue weighted by molar-refractivity contribution is -0.137. The van der Waals surface area contributed by atoms with Crippen molar-refractivity contribution in [1.29, 1.82) is 0 Å². The molecule has 1 aromatic heterocycles. The molecule has 0 bridgehead atoms. The van der Waals surface area contributed by atoms with E-state index < -0.39 is 22.9 Å². The normalized spacial score (nSPS) is 16.8. The molecule has 0 radical (unpaired) electrons. The molecule has 0 atom stereocenters. The Hall–Kier alpha value is -2.93. The second-order valence-corrected chi connectivity index (χ2v) is 9.34. The van der Waals surface area contributed by atoms with Gasteiger partial charge in [-0.15, -0.1) is 0 Å². The summed E-state index contributed by atoms with van der Waals surface area (Å²) >= 11 is 1.23. The zero-order valence-electron chi connectivity index (χ0n) is 16.8. The van der Waals surface area contributed by atoms with Gasteiger partial charge >= 0.3 is 0 Å². The summed E-state index contributed by atoms with van der Waals surface area (Å²) in [6.45, 7) is 5.43. The largest absolute Gasteiger partial charge is 0.428 e. The second kappa shape index (κ2) is 7.40. The van der Waals surface area contributed by atoms with Crippen LogP contribution in [0.15, 0.2) is 36.4 Å². The van der Waals surface area contributed by atoms with E-state index in [9.17, 15) is 18.8 Å². The molecule has 1 fully saturated rings. The molecule has 4 rings (SSSR count). The highest BCUT2D eigenvalue weighted by Gasteiger charge is 2.44. The zero-order valence-corrected chi connectivity index (χ0v) is 17.6. The summed E-state index contributed by atoms with van der Waals surface area (Å²) in [5.74, 6) is -2.83. The number of ketones is 3. The van der Waals surface area contributed by atoms with Gasteiger partial charge in [0.2, 0.25) is 0 Å². The van der Waals surface area contributed by atoms with E-state index in [1.165, 1.54) is 23.5 Å². The predicted octanol–water partition coefficient (Wildman–Crippen LogP) is 5.29. The maximum Gasteiger partial charge on any atom is 0.279 e. The lowest BCUT2D eigenvalue weighted by Crippen LogP contribution is -2.42. The number of carbonyl (C=O) groups excluding carboxylic acids is 3. The van der Waals surface area contributed by atoms with Gasteiger partial charge in [-0.1, -0.05) is 37.3 Å². The molecule has 5 nitrogen and oxygen atoms in total. The number of para-hydroxylation sites is 1. The Morgan fingerprint density at radius 1 is 1.13 bits per heavy atom. The number of hydrogen-bond acceptors (Lipinski definition) is 6. The zero-order chi connectivity index (χ0) is 21.6. The summed E-state index contributed by atoms with van der Waals surface area (Å²) in [5.41, 5.74) is 0.991. The van der Waals surface area contributed by atoms with Gasteiger partial charge in [0.05, 0.1) is 10.2 Å². The number of rotatable bonds is 4. The van der Waals surface area contributed by atoms with Gasteiger partial charge < -0.3 is 4.74 Å². The van der Waals surface area contributed by atoms with Crippen molar-refractivity contribution in [1.82, 2.24) is 4.98 Å². The van der Waals surface area contributed by atoms with Crippen molar-refractivity contribution in [2.75, 3.05) is 0 Å². The monoisotopic (exact) mass is 425 g/mol. The number of carbonyl (C=O) groups is 3. The summed E-state index contributed by atoms with van der Waals surface area (Å²) < 4.78 is 20.2. The third kappa shape index (κ3) is 3.65. The highest BCUT2D eigenvalue weighted by molar-refractivity contribution is 7.20. The number of thiazole rings is 1. The lowest BCUT2D eigenvalue weighted by atomic mass is 9.69. The average Bonchev–Trinajstić information content (AvgIpc) is 3.06. The summed E-state index contributed by atoms with van der Waals surface area (Å²) in [7, 11) is 0. The predicted molar refractivity (Wildman–Crippen MR) is 112 cm³/mol. The number of Topliss-reactive ketones (excluding diaryl/α,β-unsaturated/α-hetero) is 3. The first-order valence-corrected chi connectivity index (χ1v) is 10.4. The van der Waals surface area contributed by atoms with Crippen LogP contribution in [0.5, 0.6) is 10.9 Å². The fraction of sp³-hybridized carbons (Fsp3) is 0.304. The van der Waals surface area contributed by atoms with Crippen LogP contribution in [0.3, 0.4) is 0 Å². The number of nitrogens with zero attached hydrogens (tertiary/aromatic N) is 1. The molecule has 7 heteroatoms. The molecule has 0 saturated heterocycles. The minimum atomic E-state index is -1.25. The van der Waals surface area contributed by atoms with Gasteiger partial charge in [-0.05, 0) is 42.2 Å². The number of fused-ring (bicyclic) bond motifs is 1. The fourth-order valence-corrected chi connectivity index (χ4v) is 4.76. The number of aromatic nitrogens is 1. The van der Waals surface area contributed by atoms with Crippen LogP contribution in [0.1, 0.15) is 42.6 Å². The smallest absolute Gasteiger partial charge is 0.279 e. The molecule has 30 heavy (non-hydrogen) atoms. The molecule has 1 heterocycles. The number of benzene rings is 2. The van der Waals surface area contributed by atoms with Gasteiger partial charge in [0, 0.05) is 18.4 Å². The van der Waals surface area contributed by atoms with Crippen molar-refractivity contribution >= 4 is 38.9 Å². The minimum Gasteiger partial charge on any atom is -0.428 e. The van der Waals surface area contributed by atoms with Gasteiger partial charge in [-0.25, -0.2) is 9.37 Å². The molecule has 1 aliphatic carbocycles. The number of ether oxygens (including phenoxy) is 1. The molecule has 0 aliphatic heterocycles. The van der Waals surface area contributed by atoms with Crippen molar-refractivity contribution < 1.29 is 23.5 Å². The van der Waals surface area contributed by atoms with E-state index in [-0.39, 0.29) is 35.4 Å². The maximum absolute atomic E-state index is 13.9. The van der Waals surface area contributed by atoms with E-state index in [0.29, 0.717) is 16.6 Å². The van der Waals surface area contributed by atoms with Crippen molar-refractivity contribution in [2.45, 2.75) is 33.6 Å². The Labute approximate surface area is 176 Å². The van der Waals surface area contributed by atoms with E-state index in [1.54, 1.807) is 31.2 Å². The fourth-order valence-electron chi connectivity index (χ4n) is 3.87. The standard InChI is InChI=1S/C23H20FNO4S/c1-12-13(21(28)19-15(26)10-23(2,3)11-16(19)27)8-9-18-20(12)25-22(30-18)29-17-7-5-4-6-14(17)24/h4-9,19H,10-11H2,1-3H3. The van der Waals surface area contributed by atoms with Gasteiger partial charge in [-0.3, -0.25) is 14.4 Å². The highest BCUT2D eigenvalue weighted by atomic mass is 32.1. The van der Waals surface area contributed by atoms with Crippen LogP contribution >= 0.6 is 11.3 Å². The van der Waals surface area contributed by atoms with Gasteiger partial charge in [0.25, 0.3) is 5.19 Å². The second-order valence-electron chi connectivity index (χ2n) is 8.34. The first kappa shape index (κ1) is 20.3. The molecule has 0 spiro atoms. The van der Waals surface area contributed by atoms with Crippen molar-refractivity contribution in [2.24, 2.45) is 11.3 Å². The Morgan fingerprint density at radius 3 is 2.47 bits per heavy atom. The molecule has 1 aliphatic rings. The van der Waals surface area contributed by atoms with Gasteiger partial charge in [0.1, 0.15) is 5.92 Å². The Balaban J connectivity index is 1.67. The molecule has 2 aromatic carbocycles. The van der Waals surface area contributed by atoms with Crippen molar-refractivity contribution in [3.05, 3.63) is 53.3 Å². The van der Waals surface area contributed by atoms with Crippen LogP contribution in [0.2, 0.25) is 0 Å². The summed E-state index contributed by atoms with van der Waals surface area (Å²) in [6.07, 6.45) is 0.404. The van der Waals surface area contributed by atoms with E-state index in [1.807, 2.05) is 13.8 Å². The van der Waals surface area contributed by atoms with Crippen LogP contribution < -0.4 is 4.74 Å². The Bertz CT molecular complexity index is 1180. The van der Waals surface area contributed by atoms with Crippen molar-refractivity contribution in [3.8, 4) is 10.9 Å². The van der Waals surface area contributed by atoms with Crippen LogP contribution in [0.25, 0.3) is 10.2 Å². The molecule has 0 amide bonds. The molecule has 0 unspecified atom stereocenters. The third-order valence-electron chi connectivity index (χ3n) is 5.31. The SMILES string of the molecule is Cc1c(C(=O)C2C(=O)CC(C)(C)CC2=O)ccc2sc(Oc3ccccc3F)nc12. The third-order valence-corrected chi connectivity index (χ3v) is 6.20. The maximum atomic E-state index is 13.9. The molecular weight excluding hydrogens is 405 g/mol. The highest BCUT2D eigenvalue weighted by Crippen LogP contribution is 2.38. The molecule has 154 valence electrons. The summed E-state index contributed by atoms with van der Waals surface area (Å²) in [6, 6.07) is 9.36. The van der Waals surface area contributed by atoms with Crippen LogP contribution in [0, 0.1) is 24.1 Å².